The molecular weight excluding hydrogens is 258 g/mol. The maximum Gasteiger partial charge on any atom is 0.119 e. The molecule has 2 N–H and O–H groups in total. The Hall–Kier alpha value is -1.80. The second kappa shape index (κ2) is 6.77. The predicted octanol–water partition coefficient (Wildman–Crippen LogP) is 4.51. The molecule has 2 nitrogen and oxygen atoms in total. The summed E-state index contributed by atoms with van der Waals surface area (Å²) in [6.07, 6.45) is 0. The summed E-state index contributed by atoms with van der Waals surface area (Å²) < 4.78 is 5.87. The molecule has 1 atom stereocenters. The topological polar surface area (TPSA) is 35.2 Å². The third kappa shape index (κ3) is 4.08. The van der Waals surface area contributed by atoms with E-state index >= 15 is 0 Å². The van der Waals surface area contributed by atoms with Gasteiger partial charge in [0, 0.05) is 0 Å². The highest BCUT2D eigenvalue weighted by Gasteiger charge is 2.10. The molecule has 2 aromatic rings. The largest absolute Gasteiger partial charge is 0.492 e. The SMILES string of the molecule is Cc1ccc(C(N)COc2cccc(C(C)C)c2)c(C)c1. The van der Waals surface area contributed by atoms with Crippen LogP contribution < -0.4 is 10.5 Å². The quantitative estimate of drug-likeness (QED) is 0.876. The van der Waals surface area contributed by atoms with Gasteiger partial charge in [-0.15, -0.1) is 0 Å². The summed E-state index contributed by atoms with van der Waals surface area (Å²) in [4.78, 5) is 0. The number of aryl methyl sites for hydroxylation is 2. The van der Waals surface area contributed by atoms with Crippen LogP contribution in [0.15, 0.2) is 42.5 Å². The summed E-state index contributed by atoms with van der Waals surface area (Å²) in [6, 6.07) is 14.5. The average Bonchev–Trinajstić information content (AvgIpc) is 2.45. The molecule has 1 unspecified atom stereocenters. The van der Waals surface area contributed by atoms with Crippen LogP contribution in [-0.2, 0) is 0 Å². The zero-order valence-electron chi connectivity index (χ0n) is 13.4. The third-order valence-electron chi connectivity index (χ3n) is 3.78. The van der Waals surface area contributed by atoms with Gasteiger partial charge < -0.3 is 10.5 Å². The van der Waals surface area contributed by atoms with E-state index in [1.54, 1.807) is 0 Å². The summed E-state index contributed by atoms with van der Waals surface area (Å²) >= 11 is 0. The van der Waals surface area contributed by atoms with Gasteiger partial charge in [-0.1, -0.05) is 49.7 Å². The number of nitrogens with two attached hydrogens (primary N) is 1. The van der Waals surface area contributed by atoms with Crippen LogP contribution in [0.25, 0.3) is 0 Å². The first-order valence-electron chi connectivity index (χ1n) is 7.53. The minimum absolute atomic E-state index is 0.103. The minimum Gasteiger partial charge on any atom is -0.492 e. The van der Waals surface area contributed by atoms with E-state index in [0.717, 1.165) is 11.3 Å². The Morgan fingerprint density at radius 1 is 1.05 bits per heavy atom. The first-order valence-corrected chi connectivity index (χ1v) is 7.53. The second-order valence-corrected chi connectivity index (χ2v) is 6.00. The number of ether oxygens (including phenoxy) is 1. The van der Waals surface area contributed by atoms with Crippen LogP contribution in [0.3, 0.4) is 0 Å². The molecule has 0 aliphatic heterocycles. The van der Waals surface area contributed by atoms with Crippen LogP contribution in [-0.4, -0.2) is 6.61 Å². The number of benzene rings is 2. The molecule has 0 bridgehead atoms. The highest BCUT2D eigenvalue weighted by atomic mass is 16.5. The lowest BCUT2D eigenvalue weighted by atomic mass is 10.0. The van der Waals surface area contributed by atoms with Crippen molar-refractivity contribution in [2.75, 3.05) is 6.61 Å². The molecule has 0 saturated carbocycles. The van der Waals surface area contributed by atoms with Gasteiger partial charge in [0.25, 0.3) is 0 Å². The van der Waals surface area contributed by atoms with Crippen molar-refractivity contribution >= 4 is 0 Å². The van der Waals surface area contributed by atoms with Crippen LogP contribution >= 0.6 is 0 Å². The first-order chi connectivity index (χ1) is 9.97. The normalized spacial score (nSPS) is 12.5. The Morgan fingerprint density at radius 3 is 2.48 bits per heavy atom. The van der Waals surface area contributed by atoms with Crippen molar-refractivity contribution in [1.29, 1.82) is 0 Å². The Labute approximate surface area is 127 Å². The molecule has 21 heavy (non-hydrogen) atoms. The number of rotatable bonds is 5. The van der Waals surface area contributed by atoms with Gasteiger partial charge in [0.15, 0.2) is 0 Å². The first kappa shape index (κ1) is 15.6. The van der Waals surface area contributed by atoms with Crippen LogP contribution in [0.5, 0.6) is 5.75 Å². The van der Waals surface area contributed by atoms with Gasteiger partial charge in [0.1, 0.15) is 12.4 Å². The fourth-order valence-corrected chi connectivity index (χ4v) is 2.48. The predicted molar refractivity (Wildman–Crippen MR) is 88.9 cm³/mol. The maximum atomic E-state index is 6.27. The summed E-state index contributed by atoms with van der Waals surface area (Å²) in [5.41, 5.74) is 11.2. The lowest BCUT2D eigenvalue weighted by Gasteiger charge is -2.17. The lowest BCUT2D eigenvalue weighted by molar-refractivity contribution is 0.290. The van der Waals surface area contributed by atoms with Gasteiger partial charge in [-0.2, -0.15) is 0 Å². The Bertz CT molecular complexity index is 604. The lowest BCUT2D eigenvalue weighted by Crippen LogP contribution is -2.20. The van der Waals surface area contributed by atoms with Crippen molar-refractivity contribution in [2.45, 2.75) is 39.7 Å². The maximum absolute atomic E-state index is 6.27. The van der Waals surface area contributed by atoms with Crippen LogP contribution in [0.4, 0.5) is 0 Å². The van der Waals surface area contributed by atoms with Gasteiger partial charge in [-0.3, -0.25) is 0 Å². The van der Waals surface area contributed by atoms with Gasteiger partial charge in [0.2, 0.25) is 0 Å². The van der Waals surface area contributed by atoms with E-state index in [4.69, 9.17) is 10.5 Å². The van der Waals surface area contributed by atoms with Gasteiger partial charge in [-0.25, -0.2) is 0 Å². The number of hydrogen-bond donors (Lipinski definition) is 1. The smallest absolute Gasteiger partial charge is 0.119 e. The van der Waals surface area contributed by atoms with E-state index in [9.17, 15) is 0 Å². The third-order valence-corrected chi connectivity index (χ3v) is 3.78. The van der Waals surface area contributed by atoms with Crippen LogP contribution in [0, 0.1) is 13.8 Å². The Kier molecular flexibility index (Phi) is 5.03. The van der Waals surface area contributed by atoms with E-state index in [1.165, 1.54) is 16.7 Å². The fourth-order valence-electron chi connectivity index (χ4n) is 2.48. The zero-order chi connectivity index (χ0) is 15.4. The van der Waals surface area contributed by atoms with Crippen molar-refractivity contribution in [3.05, 3.63) is 64.7 Å². The van der Waals surface area contributed by atoms with Crippen LogP contribution in [0.1, 0.15) is 48.1 Å². The van der Waals surface area contributed by atoms with Gasteiger partial charge in [-0.05, 0) is 48.6 Å². The molecule has 112 valence electrons. The van der Waals surface area contributed by atoms with E-state index in [0.29, 0.717) is 12.5 Å². The molecule has 0 aromatic heterocycles. The Balaban J connectivity index is 2.03. The molecule has 0 aliphatic carbocycles. The van der Waals surface area contributed by atoms with E-state index < -0.39 is 0 Å². The molecule has 0 amide bonds. The molecule has 0 spiro atoms. The standard InChI is InChI=1S/C19H25NO/c1-13(2)16-6-5-7-17(11-16)21-12-19(20)18-9-8-14(3)10-15(18)4/h5-11,13,19H,12,20H2,1-4H3. The molecule has 0 heterocycles. The average molecular weight is 283 g/mol. The summed E-state index contributed by atoms with van der Waals surface area (Å²) in [5.74, 6) is 1.39. The van der Waals surface area contributed by atoms with E-state index in [-0.39, 0.29) is 6.04 Å². The van der Waals surface area contributed by atoms with Crippen molar-refractivity contribution in [3.63, 3.8) is 0 Å². The molecular formula is C19H25NO. The molecule has 0 radical (unpaired) electrons. The zero-order valence-corrected chi connectivity index (χ0v) is 13.4. The fraction of sp³-hybridized carbons (Fsp3) is 0.368. The number of hydrogen-bond acceptors (Lipinski definition) is 2. The molecule has 0 fully saturated rings. The van der Waals surface area contributed by atoms with Crippen molar-refractivity contribution in [1.82, 2.24) is 0 Å². The van der Waals surface area contributed by atoms with Crippen molar-refractivity contribution in [3.8, 4) is 5.75 Å². The minimum atomic E-state index is -0.103. The van der Waals surface area contributed by atoms with E-state index in [2.05, 4.69) is 58.0 Å². The molecule has 2 rings (SSSR count). The summed E-state index contributed by atoms with van der Waals surface area (Å²) in [5, 5.41) is 0. The molecule has 0 aliphatic rings. The highest BCUT2D eigenvalue weighted by molar-refractivity contribution is 5.33. The molecule has 0 saturated heterocycles. The summed E-state index contributed by atoms with van der Waals surface area (Å²) in [7, 11) is 0. The van der Waals surface area contributed by atoms with E-state index in [1.807, 2.05) is 12.1 Å². The highest BCUT2D eigenvalue weighted by Crippen LogP contribution is 2.22. The molecule has 2 heteroatoms. The van der Waals surface area contributed by atoms with Crippen LogP contribution in [0.2, 0.25) is 0 Å². The van der Waals surface area contributed by atoms with Gasteiger partial charge in [0.05, 0.1) is 6.04 Å². The van der Waals surface area contributed by atoms with Gasteiger partial charge >= 0.3 is 0 Å². The Morgan fingerprint density at radius 2 is 1.81 bits per heavy atom. The second-order valence-electron chi connectivity index (χ2n) is 6.00. The monoisotopic (exact) mass is 283 g/mol. The molecule has 2 aromatic carbocycles. The van der Waals surface area contributed by atoms with Crippen molar-refractivity contribution < 1.29 is 4.74 Å². The summed E-state index contributed by atoms with van der Waals surface area (Å²) in [6.45, 7) is 9.05. The van der Waals surface area contributed by atoms with Crippen molar-refractivity contribution in [2.24, 2.45) is 5.73 Å².